The van der Waals surface area contributed by atoms with Crippen LogP contribution in [0.1, 0.15) is 26.3 Å². The number of hydrogen-bond acceptors (Lipinski definition) is 9. The molecule has 2 heterocycles. The van der Waals surface area contributed by atoms with Crippen LogP contribution in [0.15, 0.2) is 48.5 Å². The zero-order valence-corrected chi connectivity index (χ0v) is 25.0. The molecule has 1 fully saturated rings. The number of hydrogen-bond donors (Lipinski definition) is 1. The number of piperazine rings is 1. The van der Waals surface area contributed by atoms with Crippen molar-refractivity contribution in [2.24, 2.45) is 0 Å². The first-order valence-electron chi connectivity index (χ1n) is 13.8. The third-order valence-electron chi connectivity index (χ3n) is 7.73. The highest BCUT2D eigenvalue weighted by molar-refractivity contribution is 6.25. The van der Waals surface area contributed by atoms with Crippen LogP contribution in [0.2, 0.25) is 0 Å². The van der Waals surface area contributed by atoms with Gasteiger partial charge in [0.2, 0.25) is 5.75 Å². The molecule has 2 amide bonds. The van der Waals surface area contributed by atoms with Gasteiger partial charge in [0.25, 0.3) is 11.8 Å². The molecule has 0 radical (unpaired) electrons. The van der Waals surface area contributed by atoms with Crippen LogP contribution < -0.4 is 14.2 Å². The van der Waals surface area contributed by atoms with E-state index in [2.05, 4.69) is 9.80 Å². The van der Waals surface area contributed by atoms with Gasteiger partial charge in [0.15, 0.2) is 11.5 Å². The number of aliphatic hydroxyl groups excluding tert-OH is 1. The van der Waals surface area contributed by atoms with Crippen molar-refractivity contribution in [2.45, 2.75) is 12.7 Å². The summed E-state index contributed by atoms with van der Waals surface area (Å²) in [7, 11) is 4.69. The Kier molecular flexibility index (Phi) is 10.6. The lowest BCUT2D eigenvalue weighted by molar-refractivity contribution is 0.000892. The molecule has 42 heavy (non-hydrogen) atoms. The summed E-state index contributed by atoms with van der Waals surface area (Å²) in [6.07, 6.45) is -0.630. The van der Waals surface area contributed by atoms with Crippen LogP contribution in [0.3, 0.4) is 0 Å². The summed E-state index contributed by atoms with van der Waals surface area (Å²) in [5.74, 6) is 1.18. The maximum atomic E-state index is 13.2. The van der Waals surface area contributed by atoms with Crippen LogP contribution >= 0.6 is 12.4 Å². The van der Waals surface area contributed by atoms with E-state index in [1.54, 1.807) is 33.5 Å². The number of aliphatic hydroxyl groups is 1. The molecule has 5 rings (SSSR count). The minimum Gasteiger partial charge on any atom is -0.493 e. The molecule has 1 atom stereocenters. The number of methoxy groups -OCH3 is 3. The van der Waals surface area contributed by atoms with E-state index >= 15 is 0 Å². The summed E-state index contributed by atoms with van der Waals surface area (Å²) in [5.41, 5.74) is 2.03. The number of rotatable bonds is 12. The van der Waals surface area contributed by atoms with E-state index in [0.29, 0.717) is 54.6 Å². The van der Waals surface area contributed by atoms with Crippen molar-refractivity contribution < 1.29 is 33.6 Å². The molecular weight excluding hydrogens is 562 g/mol. The van der Waals surface area contributed by atoms with E-state index in [9.17, 15) is 14.7 Å². The normalized spacial score (nSPS) is 16.3. The topological polar surface area (TPSA) is 101 Å². The Bertz CT molecular complexity index is 1330. The lowest BCUT2D eigenvalue weighted by atomic mass is 9.94. The number of carbonyl (C=O) groups is 2. The van der Waals surface area contributed by atoms with Crippen molar-refractivity contribution >= 4 is 35.0 Å². The fourth-order valence-corrected chi connectivity index (χ4v) is 5.60. The number of β-amino-alcohol motifs (C(OH)–C–C–N with tert-alkyl or cyclic N) is 1. The van der Waals surface area contributed by atoms with Crippen LogP contribution in [0.25, 0.3) is 10.8 Å². The molecule has 1 unspecified atom stereocenters. The first-order chi connectivity index (χ1) is 19.9. The molecule has 226 valence electrons. The third-order valence-corrected chi connectivity index (χ3v) is 7.73. The standard InChI is InChI=1S/C31H37N3O7.ClH/c1-38-26-16-21(17-27(39-2)29(26)40-3)19-41-20-23(35)18-33-12-10-32(11-13-33)14-15-34-30(36)24-8-4-6-22-7-5-9-25(28(22)24)31(34)37;/h4-9,16-17,23,35H,10-15,18-20H2,1-3H3;1H. The van der Waals surface area contributed by atoms with Crippen LogP contribution in [0.5, 0.6) is 17.2 Å². The molecule has 1 saturated heterocycles. The Labute approximate surface area is 252 Å². The molecule has 0 aliphatic carbocycles. The summed E-state index contributed by atoms with van der Waals surface area (Å²) in [6.45, 7) is 5.13. The second-order valence-corrected chi connectivity index (χ2v) is 10.3. The minimum absolute atomic E-state index is 0. The summed E-state index contributed by atoms with van der Waals surface area (Å²) < 4.78 is 21.9. The second kappa shape index (κ2) is 14.2. The molecular formula is C31H38ClN3O7. The van der Waals surface area contributed by atoms with E-state index in [1.807, 2.05) is 36.4 Å². The molecule has 0 bridgehead atoms. The largest absolute Gasteiger partial charge is 0.493 e. The van der Waals surface area contributed by atoms with Crippen molar-refractivity contribution in [2.75, 3.05) is 73.7 Å². The van der Waals surface area contributed by atoms with Crippen molar-refractivity contribution in [3.8, 4) is 17.2 Å². The Morgan fingerprint density at radius 1 is 0.810 bits per heavy atom. The molecule has 0 saturated carbocycles. The average molecular weight is 600 g/mol. The number of nitrogens with zero attached hydrogens (tertiary/aromatic N) is 3. The molecule has 3 aromatic rings. The van der Waals surface area contributed by atoms with Gasteiger partial charge in [-0.3, -0.25) is 24.3 Å². The zero-order valence-electron chi connectivity index (χ0n) is 24.2. The van der Waals surface area contributed by atoms with Gasteiger partial charge in [-0.05, 0) is 35.2 Å². The highest BCUT2D eigenvalue weighted by atomic mass is 35.5. The quantitative estimate of drug-likeness (QED) is 0.315. The predicted molar refractivity (Wildman–Crippen MR) is 161 cm³/mol. The fourth-order valence-electron chi connectivity index (χ4n) is 5.60. The molecule has 2 aliphatic rings. The smallest absolute Gasteiger partial charge is 0.261 e. The van der Waals surface area contributed by atoms with Gasteiger partial charge in [0.1, 0.15) is 0 Å². The lowest BCUT2D eigenvalue weighted by Gasteiger charge is -2.36. The number of imide groups is 1. The van der Waals surface area contributed by atoms with Gasteiger partial charge in [0, 0.05) is 62.3 Å². The van der Waals surface area contributed by atoms with Gasteiger partial charge in [-0.15, -0.1) is 12.4 Å². The second-order valence-electron chi connectivity index (χ2n) is 10.3. The van der Waals surface area contributed by atoms with E-state index in [1.165, 1.54) is 4.90 Å². The van der Waals surface area contributed by atoms with Gasteiger partial charge < -0.3 is 24.1 Å². The van der Waals surface area contributed by atoms with Crippen LogP contribution in [0, 0.1) is 0 Å². The molecule has 2 aliphatic heterocycles. The van der Waals surface area contributed by atoms with Gasteiger partial charge in [-0.1, -0.05) is 24.3 Å². The van der Waals surface area contributed by atoms with Crippen molar-refractivity contribution in [1.82, 2.24) is 14.7 Å². The molecule has 1 N–H and O–H groups in total. The summed E-state index contributed by atoms with van der Waals surface area (Å²) in [4.78, 5) is 32.1. The minimum atomic E-state index is -0.630. The third kappa shape index (κ3) is 6.63. The summed E-state index contributed by atoms with van der Waals surface area (Å²) in [5, 5.41) is 12.2. The van der Waals surface area contributed by atoms with Crippen LogP contribution in [-0.4, -0.2) is 111 Å². The van der Waals surface area contributed by atoms with Gasteiger partial charge >= 0.3 is 0 Å². The highest BCUT2D eigenvalue weighted by Gasteiger charge is 2.33. The number of amides is 2. The first kappa shape index (κ1) is 31.5. The van der Waals surface area contributed by atoms with Crippen molar-refractivity contribution in [1.29, 1.82) is 0 Å². The maximum absolute atomic E-state index is 13.2. The first-order valence-corrected chi connectivity index (χ1v) is 13.8. The lowest BCUT2D eigenvalue weighted by Crippen LogP contribution is -2.51. The Balaban J connectivity index is 0.00000405. The monoisotopic (exact) mass is 599 g/mol. The van der Waals surface area contributed by atoms with Gasteiger partial charge in [-0.2, -0.15) is 0 Å². The van der Waals surface area contributed by atoms with E-state index in [0.717, 1.165) is 42.5 Å². The zero-order chi connectivity index (χ0) is 28.9. The highest BCUT2D eigenvalue weighted by Crippen LogP contribution is 2.38. The molecule has 0 spiro atoms. The number of carbonyl (C=O) groups excluding carboxylic acids is 2. The van der Waals surface area contributed by atoms with Gasteiger partial charge in [-0.25, -0.2) is 0 Å². The average Bonchev–Trinajstić information content (AvgIpc) is 2.99. The van der Waals surface area contributed by atoms with E-state index in [4.69, 9.17) is 18.9 Å². The number of halogens is 1. The Morgan fingerprint density at radius 3 is 1.93 bits per heavy atom. The van der Waals surface area contributed by atoms with E-state index in [-0.39, 0.29) is 30.8 Å². The summed E-state index contributed by atoms with van der Waals surface area (Å²) >= 11 is 0. The van der Waals surface area contributed by atoms with Crippen LogP contribution in [-0.2, 0) is 11.3 Å². The molecule has 11 heteroatoms. The maximum Gasteiger partial charge on any atom is 0.261 e. The van der Waals surface area contributed by atoms with Crippen molar-refractivity contribution in [3.05, 3.63) is 65.2 Å². The molecule has 3 aromatic carbocycles. The number of ether oxygens (including phenoxy) is 4. The van der Waals surface area contributed by atoms with Crippen LogP contribution in [0.4, 0.5) is 0 Å². The Morgan fingerprint density at radius 2 is 1.38 bits per heavy atom. The molecule has 0 aromatic heterocycles. The number of benzene rings is 3. The SMILES string of the molecule is COc1cc(COCC(O)CN2CCN(CCN3C(=O)c4cccc5cccc(c45)C3=O)CC2)cc(OC)c1OC.Cl. The van der Waals surface area contributed by atoms with Crippen molar-refractivity contribution in [3.63, 3.8) is 0 Å². The van der Waals surface area contributed by atoms with Gasteiger partial charge in [0.05, 0.1) is 40.6 Å². The predicted octanol–water partition coefficient (Wildman–Crippen LogP) is 3.08. The van der Waals surface area contributed by atoms with E-state index < -0.39 is 6.10 Å². The Hall–Kier alpha value is -3.41. The fraction of sp³-hybridized carbons (Fsp3) is 0.419. The molecule has 10 nitrogen and oxygen atoms in total. The summed E-state index contributed by atoms with van der Waals surface area (Å²) in [6, 6.07) is 14.8.